The summed E-state index contributed by atoms with van der Waals surface area (Å²) in [6, 6.07) is 1.44. The van der Waals surface area contributed by atoms with E-state index in [1.165, 1.54) is 23.2 Å². The lowest BCUT2D eigenvalue weighted by Crippen LogP contribution is -2.34. The van der Waals surface area contributed by atoms with Gasteiger partial charge in [0.25, 0.3) is 10.0 Å². The predicted molar refractivity (Wildman–Crippen MR) is 81.5 cm³/mol. The molecule has 2 rings (SSSR count). The number of hydrogen-bond acceptors (Lipinski definition) is 5. The zero-order valence-corrected chi connectivity index (χ0v) is 13.8. The molecule has 0 atom stereocenters. The number of hydrogen-bond donors (Lipinski definition) is 1. The minimum atomic E-state index is -3.60. The molecule has 1 saturated heterocycles. The third-order valence-corrected chi connectivity index (χ3v) is 7.21. The van der Waals surface area contributed by atoms with Crippen molar-refractivity contribution in [2.45, 2.75) is 24.0 Å². The summed E-state index contributed by atoms with van der Waals surface area (Å²) in [5.41, 5.74) is 0.485. The fourth-order valence-electron chi connectivity index (χ4n) is 2.35. The molecule has 0 amide bonds. The zero-order chi connectivity index (χ0) is 15.6. The van der Waals surface area contributed by atoms with Crippen molar-refractivity contribution < 1.29 is 18.3 Å². The molecule has 0 aromatic carbocycles. The number of carboxylic acid groups (broad SMARTS) is 1. The van der Waals surface area contributed by atoms with Crippen LogP contribution in [0.4, 0.5) is 0 Å². The van der Waals surface area contributed by atoms with E-state index in [9.17, 15) is 13.2 Å². The summed E-state index contributed by atoms with van der Waals surface area (Å²) in [6.07, 6.45) is 2.34. The lowest BCUT2D eigenvalue weighted by molar-refractivity contribution is 0.0701. The van der Waals surface area contributed by atoms with E-state index in [0.717, 1.165) is 24.4 Å². The highest BCUT2D eigenvalue weighted by Gasteiger charge is 2.26. The number of likely N-dealkylation sites (tertiary alicyclic amines) is 1. The van der Waals surface area contributed by atoms with Crippen LogP contribution in [0.2, 0.25) is 0 Å². The molecule has 1 aromatic heterocycles. The summed E-state index contributed by atoms with van der Waals surface area (Å²) in [4.78, 5) is 13.4. The second kappa shape index (κ2) is 6.43. The molecule has 2 heterocycles. The fourth-order valence-corrected chi connectivity index (χ4v) is 5.11. The van der Waals surface area contributed by atoms with Gasteiger partial charge < -0.3 is 10.0 Å². The van der Waals surface area contributed by atoms with E-state index in [2.05, 4.69) is 4.90 Å². The second-order valence-corrected chi connectivity index (χ2v) is 8.58. The number of aryl methyl sites for hydroxylation is 1. The Labute approximate surface area is 129 Å². The summed E-state index contributed by atoms with van der Waals surface area (Å²) in [6.45, 7) is 4.79. The first-order valence-electron chi connectivity index (χ1n) is 6.85. The molecule has 6 nitrogen and oxygen atoms in total. The zero-order valence-electron chi connectivity index (χ0n) is 12.2. The third-order valence-electron chi connectivity index (χ3n) is 3.68. The quantitative estimate of drug-likeness (QED) is 0.853. The summed E-state index contributed by atoms with van der Waals surface area (Å²) in [7, 11) is -2.06. The van der Waals surface area contributed by atoms with E-state index in [1.54, 1.807) is 14.0 Å². The smallest absolute Gasteiger partial charge is 0.346 e. The SMILES string of the molecule is Cc1cc(S(=O)(=O)N(C)CCN2CCCC2)sc1C(=O)O. The van der Waals surface area contributed by atoms with Crippen LogP contribution in [-0.2, 0) is 10.0 Å². The van der Waals surface area contributed by atoms with Gasteiger partial charge in [0.2, 0.25) is 0 Å². The molecule has 1 aromatic rings. The van der Waals surface area contributed by atoms with Gasteiger partial charge in [-0.1, -0.05) is 0 Å². The van der Waals surface area contributed by atoms with Crippen LogP contribution in [0, 0.1) is 6.92 Å². The molecule has 1 aliphatic rings. The Morgan fingerprint density at radius 3 is 2.57 bits per heavy atom. The van der Waals surface area contributed by atoms with Crippen LogP contribution in [0.15, 0.2) is 10.3 Å². The monoisotopic (exact) mass is 332 g/mol. The van der Waals surface area contributed by atoms with E-state index in [4.69, 9.17) is 5.11 Å². The van der Waals surface area contributed by atoms with Crippen molar-refractivity contribution in [2.24, 2.45) is 0 Å². The molecule has 0 saturated carbocycles. The number of thiophene rings is 1. The van der Waals surface area contributed by atoms with E-state index in [1.807, 2.05) is 0 Å². The molecule has 0 aliphatic carbocycles. The number of sulfonamides is 1. The average molecular weight is 332 g/mol. The predicted octanol–water partition coefficient (Wildman–Crippen LogP) is 1.47. The van der Waals surface area contributed by atoms with Crippen molar-refractivity contribution in [3.8, 4) is 0 Å². The van der Waals surface area contributed by atoms with Gasteiger partial charge in [-0.25, -0.2) is 13.2 Å². The largest absolute Gasteiger partial charge is 0.477 e. The third kappa shape index (κ3) is 3.63. The highest BCUT2D eigenvalue weighted by Crippen LogP contribution is 2.28. The van der Waals surface area contributed by atoms with Crippen molar-refractivity contribution in [1.82, 2.24) is 9.21 Å². The molecule has 1 aliphatic heterocycles. The first kappa shape index (κ1) is 16.4. The second-order valence-electron chi connectivity index (χ2n) is 5.26. The lowest BCUT2D eigenvalue weighted by atomic mass is 10.3. The van der Waals surface area contributed by atoms with Gasteiger partial charge in [0.15, 0.2) is 0 Å². The Morgan fingerprint density at radius 2 is 2.05 bits per heavy atom. The van der Waals surface area contributed by atoms with Gasteiger partial charge >= 0.3 is 5.97 Å². The van der Waals surface area contributed by atoms with Crippen molar-refractivity contribution in [1.29, 1.82) is 0 Å². The molecule has 0 radical (unpaired) electrons. The number of carboxylic acids is 1. The normalized spacial score (nSPS) is 16.7. The maximum Gasteiger partial charge on any atom is 0.346 e. The first-order valence-corrected chi connectivity index (χ1v) is 9.10. The Balaban J connectivity index is 2.09. The molecule has 0 unspecified atom stereocenters. The van der Waals surface area contributed by atoms with E-state index < -0.39 is 16.0 Å². The molecular weight excluding hydrogens is 312 g/mol. The van der Waals surface area contributed by atoms with E-state index in [0.29, 0.717) is 18.7 Å². The van der Waals surface area contributed by atoms with E-state index >= 15 is 0 Å². The van der Waals surface area contributed by atoms with Crippen LogP contribution >= 0.6 is 11.3 Å². The van der Waals surface area contributed by atoms with Gasteiger partial charge in [0.05, 0.1) is 0 Å². The molecule has 118 valence electrons. The number of rotatable bonds is 6. The number of aromatic carboxylic acids is 1. The first-order chi connectivity index (χ1) is 9.82. The van der Waals surface area contributed by atoms with Crippen LogP contribution in [0.3, 0.4) is 0 Å². The minimum absolute atomic E-state index is 0.0847. The standard InChI is InChI=1S/C13H20N2O4S2/c1-10-9-11(20-12(10)13(16)17)21(18,19)14(2)7-8-15-5-3-4-6-15/h9H,3-8H2,1-2H3,(H,16,17). The van der Waals surface area contributed by atoms with Crippen LogP contribution < -0.4 is 0 Å². The van der Waals surface area contributed by atoms with Crippen molar-refractivity contribution in [2.75, 3.05) is 33.2 Å². The fraction of sp³-hybridized carbons (Fsp3) is 0.615. The summed E-state index contributed by atoms with van der Waals surface area (Å²) in [5, 5.41) is 9.03. The Kier molecular flexibility index (Phi) is 5.03. The maximum absolute atomic E-state index is 12.5. The van der Waals surface area contributed by atoms with Crippen LogP contribution in [0.25, 0.3) is 0 Å². The highest BCUT2D eigenvalue weighted by atomic mass is 32.2. The van der Waals surface area contributed by atoms with Crippen LogP contribution in [0.1, 0.15) is 28.1 Å². The number of nitrogens with zero attached hydrogens (tertiary/aromatic N) is 2. The lowest BCUT2D eigenvalue weighted by Gasteiger charge is -2.20. The molecule has 1 fully saturated rings. The molecule has 0 spiro atoms. The molecule has 1 N–H and O–H groups in total. The Morgan fingerprint density at radius 1 is 1.43 bits per heavy atom. The Bertz CT molecular complexity index is 618. The van der Waals surface area contributed by atoms with Crippen molar-refractivity contribution >= 4 is 27.3 Å². The van der Waals surface area contributed by atoms with Gasteiger partial charge in [-0.15, -0.1) is 11.3 Å². The molecule has 8 heteroatoms. The topological polar surface area (TPSA) is 77.9 Å². The number of likely N-dealkylation sites (N-methyl/N-ethyl adjacent to an activating group) is 1. The van der Waals surface area contributed by atoms with Crippen LogP contribution in [-0.4, -0.2) is 61.9 Å². The molecule has 21 heavy (non-hydrogen) atoms. The van der Waals surface area contributed by atoms with Gasteiger partial charge in [-0.05, 0) is 44.5 Å². The summed E-state index contributed by atoms with van der Waals surface area (Å²) < 4.78 is 26.3. The highest BCUT2D eigenvalue weighted by molar-refractivity contribution is 7.91. The van der Waals surface area contributed by atoms with Crippen molar-refractivity contribution in [3.05, 3.63) is 16.5 Å². The van der Waals surface area contributed by atoms with Crippen LogP contribution in [0.5, 0.6) is 0 Å². The van der Waals surface area contributed by atoms with Gasteiger partial charge in [0, 0.05) is 20.1 Å². The summed E-state index contributed by atoms with van der Waals surface area (Å²) >= 11 is 0.818. The van der Waals surface area contributed by atoms with Gasteiger partial charge in [-0.3, -0.25) is 0 Å². The average Bonchev–Trinajstić information content (AvgIpc) is 3.04. The number of carbonyl (C=O) groups is 1. The van der Waals surface area contributed by atoms with Crippen molar-refractivity contribution in [3.63, 3.8) is 0 Å². The van der Waals surface area contributed by atoms with Gasteiger partial charge in [0.1, 0.15) is 9.09 Å². The minimum Gasteiger partial charge on any atom is -0.477 e. The van der Waals surface area contributed by atoms with Gasteiger partial charge in [-0.2, -0.15) is 4.31 Å². The summed E-state index contributed by atoms with van der Waals surface area (Å²) in [5.74, 6) is -1.08. The molecular formula is C13H20N2O4S2. The van der Waals surface area contributed by atoms with E-state index in [-0.39, 0.29) is 9.09 Å². The molecule has 0 bridgehead atoms. The maximum atomic E-state index is 12.5. The Hall–Kier alpha value is -0.960.